The lowest BCUT2D eigenvalue weighted by Crippen LogP contribution is -2.59. The van der Waals surface area contributed by atoms with E-state index in [1.54, 1.807) is 0 Å². The van der Waals surface area contributed by atoms with Crippen molar-refractivity contribution >= 4 is 6.09 Å². The molecule has 0 radical (unpaired) electrons. The molecule has 2 fully saturated rings. The lowest BCUT2D eigenvalue weighted by molar-refractivity contribution is 0.0446. The largest absolute Gasteiger partial charge is 0.444 e. The van der Waals surface area contributed by atoms with Crippen molar-refractivity contribution in [3.05, 3.63) is 0 Å². The van der Waals surface area contributed by atoms with E-state index in [9.17, 15) is 4.79 Å². The molecule has 2 rings (SSSR count). The number of nitrogens with two attached hydrogens (primary N) is 1. The minimum Gasteiger partial charge on any atom is -0.444 e. The standard InChI is InChI=1S/C13H25N3O2/c1-13(2,3)18-12(17)16-10-4-8-6-15-7-9(5-10)11(8)14/h8-11,15H,4-7,14H2,1-3H3,(H,16,17). The van der Waals surface area contributed by atoms with Crippen molar-refractivity contribution in [1.29, 1.82) is 0 Å². The molecule has 4 N–H and O–H groups in total. The van der Waals surface area contributed by atoms with Crippen LogP contribution in [0.5, 0.6) is 0 Å². The molecular formula is C13H25N3O2. The third kappa shape index (κ3) is 3.36. The Morgan fingerprint density at radius 3 is 2.33 bits per heavy atom. The smallest absolute Gasteiger partial charge is 0.407 e. The van der Waals surface area contributed by atoms with Crippen molar-refractivity contribution in [2.45, 2.75) is 51.3 Å². The van der Waals surface area contributed by atoms with Crippen LogP contribution < -0.4 is 16.4 Å². The van der Waals surface area contributed by atoms with Crippen LogP contribution in [0.4, 0.5) is 4.79 Å². The van der Waals surface area contributed by atoms with E-state index in [2.05, 4.69) is 10.6 Å². The van der Waals surface area contributed by atoms with E-state index in [0.717, 1.165) is 25.9 Å². The predicted molar refractivity (Wildman–Crippen MR) is 70.2 cm³/mol. The number of carbonyl (C=O) groups excluding carboxylic acids is 1. The highest BCUT2D eigenvalue weighted by Crippen LogP contribution is 2.30. The molecular weight excluding hydrogens is 230 g/mol. The van der Waals surface area contributed by atoms with E-state index in [1.807, 2.05) is 20.8 Å². The fourth-order valence-corrected chi connectivity index (χ4v) is 3.01. The first-order chi connectivity index (χ1) is 8.35. The van der Waals surface area contributed by atoms with Crippen molar-refractivity contribution < 1.29 is 9.53 Å². The highest BCUT2D eigenvalue weighted by Gasteiger charge is 2.38. The molecule has 2 bridgehead atoms. The Kier molecular flexibility index (Phi) is 3.82. The van der Waals surface area contributed by atoms with E-state index in [-0.39, 0.29) is 18.2 Å². The molecule has 5 heteroatoms. The van der Waals surface area contributed by atoms with E-state index < -0.39 is 5.60 Å². The number of nitrogens with one attached hydrogen (secondary N) is 2. The lowest BCUT2D eigenvalue weighted by Gasteiger charge is -2.44. The summed E-state index contributed by atoms with van der Waals surface area (Å²) in [7, 11) is 0. The second-order valence-electron chi connectivity index (χ2n) is 6.57. The normalized spacial score (nSPS) is 36.0. The Labute approximate surface area is 109 Å². The number of alkyl carbamates (subject to hydrolysis) is 1. The van der Waals surface area contributed by atoms with E-state index >= 15 is 0 Å². The molecule has 1 aliphatic carbocycles. The van der Waals surface area contributed by atoms with Gasteiger partial charge in [-0.2, -0.15) is 0 Å². The first kappa shape index (κ1) is 13.6. The average Bonchev–Trinajstić information content (AvgIpc) is 2.16. The van der Waals surface area contributed by atoms with Gasteiger partial charge in [-0.25, -0.2) is 4.79 Å². The Bertz CT molecular complexity index is 300. The van der Waals surface area contributed by atoms with Gasteiger partial charge >= 0.3 is 6.09 Å². The number of fused-ring (bicyclic) bond motifs is 2. The Morgan fingerprint density at radius 1 is 1.28 bits per heavy atom. The van der Waals surface area contributed by atoms with Crippen molar-refractivity contribution in [3.8, 4) is 0 Å². The molecule has 2 unspecified atom stereocenters. The summed E-state index contributed by atoms with van der Waals surface area (Å²) >= 11 is 0. The predicted octanol–water partition coefficient (Wildman–Crippen LogP) is 0.836. The van der Waals surface area contributed by atoms with Crippen LogP contribution >= 0.6 is 0 Å². The summed E-state index contributed by atoms with van der Waals surface area (Å²) in [5.74, 6) is 0.940. The number of piperidine rings is 1. The van der Waals surface area contributed by atoms with Crippen LogP contribution in [0.15, 0.2) is 0 Å². The van der Waals surface area contributed by atoms with E-state index in [4.69, 9.17) is 10.5 Å². The van der Waals surface area contributed by atoms with Gasteiger partial charge in [0.25, 0.3) is 0 Å². The van der Waals surface area contributed by atoms with Gasteiger partial charge in [-0.15, -0.1) is 0 Å². The van der Waals surface area contributed by atoms with Crippen LogP contribution in [0.3, 0.4) is 0 Å². The first-order valence-electron chi connectivity index (χ1n) is 6.81. The van der Waals surface area contributed by atoms with Crippen LogP contribution in [0, 0.1) is 11.8 Å². The zero-order valence-electron chi connectivity index (χ0n) is 11.5. The number of rotatable bonds is 1. The quantitative estimate of drug-likeness (QED) is 0.649. The fraction of sp³-hybridized carbons (Fsp3) is 0.923. The molecule has 1 heterocycles. The molecule has 1 amide bonds. The highest BCUT2D eigenvalue weighted by molar-refractivity contribution is 5.68. The molecule has 0 aromatic rings. The zero-order valence-corrected chi connectivity index (χ0v) is 11.5. The molecule has 0 spiro atoms. The van der Waals surface area contributed by atoms with Gasteiger partial charge in [-0.3, -0.25) is 0 Å². The number of hydrogen-bond donors (Lipinski definition) is 3. The summed E-state index contributed by atoms with van der Waals surface area (Å²) in [5.41, 5.74) is 5.76. The van der Waals surface area contributed by atoms with Crippen molar-refractivity contribution in [1.82, 2.24) is 10.6 Å². The third-order valence-corrected chi connectivity index (χ3v) is 3.80. The highest BCUT2D eigenvalue weighted by atomic mass is 16.6. The van der Waals surface area contributed by atoms with Gasteiger partial charge in [0.05, 0.1) is 0 Å². The van der Waals surface area contributed by atoms with E-state index in [1.165, 1.54) is 0 Å². The van der Waals surface area contributed by atoms with Crippen molar-refractivity contribution in [2.24, 2.45) is 17.6 Å². The molecule has 1 saturated heterocycles. The summed E-state index contributed by atoms with van der Waals surface area (Å²) in [6.07, 6.45) is 1.59. The topological polar surface area (TPSA) is 76.4 Å². The zero-order chi connectivity index (χ0) is 13.3. The van der Waals surface area contributed by atoms with Gasteiger partial charge in [0.2, 0.25) is 0 Å². The second kappa shape index (κ2) is 5.05. The molecule has 2 atom stereocenters. The number of ether oxygens (including phenoxy) is 1. The average molecular weight is 255 g/mol. The molecule has 5 nitrogen and oxygen atoms in total. The van der Waals surface area contributed by atoms with Crippen LogP contribution in [0.1, 0.15) is 33.6 Å². The molecule has 2 aliphatic rings. The summed E-state index contributed by atoms with van der Waals surface area (Å²) in [5, 5.41) is 6.39. The minimum atomic E-state index is -0.438. The Morgan fingerprint density at radius 2 is 1.83 bits per heavy atom. The van der Waals surface area contributed by atoms with E-state index in [0.29, 0.717) is 11.8 Å². The molecule has 0 aromatic carbocycles. The Balaban J connectivity index is 1.86. The molecule has 104 valence electrons. The second-order valence-corrected chi connectivity index (χ2v) is 6.57. The number of hydrogen-bond acceptors (Lipinski definition) is 4. The van der Waals surface area contributed by atoms with Crippen LogP contribution in [-0.4, -0.2) is 36.9 Å². The van der Waals surface area contributed by atoms with Crippen LogP contribution in [0.2, 0.25) is 0 Å². The van der Waals surface area contributed by atoms with Crippen LogP contribution in [0.25, 0.3) is 0 Å². The molecule has 1 aliphatic heterocycles. The monoisotopic (exact) mass is 255 g/mol. The maximum atomic E-state index is 11.7. The summed E-state index contributed by atoms with van der Waals surface area (Å²) in [6, 6.07) is 0.486. The maximum absolute atomic E-state index is 11.7. The Hall–Kier alpha value is -0.810. The first-order valence-corrected chi connectivity index (χ1v) is 6.81. The molecule has 18 heavy (non-hydrogen) atoms. The van der Waals surface area contributed by atoms with Gasteiger partial charge in [-0.1, -0.05) is 0 Å². The van der Waals surface area contributed by atoms with Crippen molar-refractivity contribution in [2.75, 3.05) is 13.1 Å². The number of amides is 1. The number of carbonyl (C=O) groups is 1. The van der Waals surface area contributed by atoms with Crippen LogP contribution in [-0.2, 0) is 4.74 Å². The molecule has 0 aromatic heterocycles. The van der Waals surface area contributed by atoms with Gasteiger partial charge in [0, 0.05) is 12.1 Å². The molecule has 1 saturated carbocycles. The van der Waals surface area contributed by atoms with Gasteiger partial charge in [-0.05, 0) is 58.5 Å². The van der Waals surface area contributed by atoms with Gasteiger partial charge < -0.3 is 21.1 Å². The maximum Gasteiger partial charge on any atom is 0.407 e. The summed E-state index contributed by atoms with van der Waals surface area (Å²) in [4.78, 5) is 11.7. The summed E-state index contributed by atoms with van der Waals surface area (Å²) < 4.78 is 5.29. The minimum absolute atomic E-state index is 0.205. The SMILES string of the molecule is CC(C)(C)OC(=O)NC1CC2CNCC(C1)C2N. The van der Waals surface area contributed by atoms with Gasteiger partial charge in [0.1, 0.15) is 5.60 Å². The van der Waals surface area contributed by atoms with Crippen molar-refractivity contribution in [3.63, 3.8) is 0 Å². The summed E-state index contributed by atoms with van der Waals surface area (Å²) in [6.45, 7) is 7.56. The lowest BCUT2D eigenvalue weighted by atomic mass is 9.72. The van der Waals surface area contributed by atoms with Gasteiger partial charge in [0.15, 0.2) is 0 Å². The third-order valence-electron chi connectivity index (χ3n) is 3.80. The fourth-order valence-electron chi connectivity index (χ4n) is 3.01.